The Morgan fingerprint density at radius 2 is 2.05 bits per heavy atom. The largest absolute Gasteiger partial charge is 0.484 e. The number of carbonyl (C=O) groups is 1. The molecular weight excluding hydrogens is 292 g/mol. The van der Waals surface area contributed by atoms with Crippen LogP contribution in [-0.2, 0) is 4.79 Å². The molecule has 3 N–H and O–H groups in total. The van der Waals surface area contributed by atoms with Crippen LogP contribution in [0.15, 0.2) is 24.3 Å². The molecule has 0 bridgehead atoms. The maximum atomic E-state index is 11.5. The second-order valence-electron chi connectivity index (χ2n) is 4.23. The third kappa shape index (κ3) is 6.77. The number of nitrogens with two attached hydrogens (primary N) is 1. The van der Waals surface area contributed by atoms with Crippen LogP contribution in [0, 0.1) is 0 Å². The van der Waals surface area contributed by atoms with Crippen LogP contribution in [0.3, 0.4) is 0 Å². The van der Waals surface area contributed by atoms with Crippen molar-refractivity contribution >= 4 is 34.9 Å². The first-order valence-electron chi connectivity index (χ1n) is 6.42. The van der Waals surface area contributed by atoms with Gasteiger partial charge < -0.3 is 15.8 Å². The molecular formula is C14H20N2O2S2. The normalized spacial score (nSPS) is 10.1. The van der Waals surface area contributed by atoms with Crippen LogP contribution in [-0.4, -0.2) is 36.1 Å². The SMILES string of the molecule is CSCCCCNC(=O)COc1ccc(C(N)=S)cc1. The van der Waals surface area contributed by atoms with E-state index in [1.54, 1.807) is 24.3 Å². The molecule has 0 saturated carbocycles. The van der Waals surface area contributed by atoms with Gasteiger partial charge in [0.1, 0.15) is 10.7 Å². The van der Waals surface area contributed by atoms with Crippen molar-refractivity contribution in [1.82, 2.24) is 5.32 Å². The monoisotopic (exact) mass is 312 g/mol. The maximum Gasteiger partial charge on any atom is 0.257 e. The minimum Gasteiger partial charge on any atom is -0.484 e. The summed E-state index contributed by atoms with van der Waals surface area (Å²) in [5.41, 5.74) is 6.28. The quantitative estimate of drug-likeness (QED) is 0.539. The molecule has 0 atom stereocenters. The highest BCUT2D eigenvalue weighted by Gasteiger charge is 2.02. The molecule has 1 aromatic carbocycles. The molecule has 6 heteroatoms. The van der Waals surface area contributed by atoms with Gasteiger partial charge >= 0.3 is 0 Å². The van der Waals surface area contributed by atoms with Crippen LogP contribution in [0.2, 0.25) is 0 Å². The van der Waals surface area contributed by atoms with Gasteiger partial charge in [0, 0.05) is 12.1 Å². The Morgan fingerprint density at radius 1 is 1.35 bits per heavy atom. The number of thioether (sulfide) groups is 1. The van der Waals surface area contributed by atoms with E-state index in [0.29, 0.717) is 17.3 Å². The number of nitrogens with one attached hydrogen (secondary N) is 1. The summed E-state index contributed by atoms with van der Waals surface area (Å²) in [5.74, 6) is 1.65. The Labute approximate surface area is 129 Å². The molecule has 110 valence electrons. The van der Waals surface area contributed by atoms with E-state index in [-0.39, 0.29) is 12.5 Å². The Bertz CT molecular complexity index is 435. The molecule has 0 aliphatic rings. The molecule has 0 saturated heterocycles. The van der Waals surface area contributed by atoms with Crippen molar-refractivity contribution in [3.63, 3.8) is 0 Å². The maximum absolute atomic E-state index is 11.5. The third-order valence-corrected chi connectivity index (χ3v) is 3.54. The van der Waals surface area contributed by atoms with E-state index in [2.05, 4.69) is 11.6 Å². The van der Waals surface area contributed by atoms with Gasteiger partial charge in [0.05, 0.1) is 0 Å². The van der Waals surface area contributed by atoms with Gasteiger partial charge in [-0.2, -0.15) is 11.8 Å². The van der Waals surface area contributed by atoms with E-state index in [1.807, 2.05) is 11.8 Å². The zero-order valence-corrected chi connectivity index (χ0v) is 13.2. The van der Waals surface area contributed by atoms with Gasteiger partial charge in [0.2, 0.25) is 0 Å². The summed E-state index contributed by atoms with van der Waals surface area (Å²) in [6.45, 7) is 0.720. The van der Waals surface area contributed by atoms with Gasteiger partial charge in [-0.3, -0.25) is 4.79 Å². The first kappa shape index (κ1) is 16.8. The van der Waals surface area contributed by atoms with E-state index in [4.69, 9.17) is 22.7 Å². The fourth-order valence-corrected chi connectivity index (χ4v) is 2.14. The van der Waals surface area contributed by atoms with Crippen LogP contribution < -0.4 is 15.8 Å². The lowest BCUT2D eigenvalue weighted by Crippen LogP contribution is -2.29. The standard InChI is InChI=1S/C14H20N2O2S2/c1-20-9-3-2-8-16-13(17)10-18-12-6-4-11(5-7-12)14(15)19/h4-7H,2-3,8-10H2,1H3,(H2,15,19)(H,16,17). The van der Waals surface area contributed by atoms with Crippen molar-refractivity contribution in [2.45, 2.75) is 12.8 Å². The van der Waals surface area contributed by atoms with E-state index in [9.17, 15) is 4.79 Å². The number of hydrogen-bond acceptors (Lipinski definition) is 4. The average Bonchev–Trinajstić information content (AvgIpc) is 2.45. The summed E-state index contributed by atoms with van der Waals surface area (Å²) in [6, 6.07) is 7.05. The second-order valence-corrected chi connectivity index (χ2v) is 5.65. The summed E-state index contributed by atoms with van der Waals surface area (Å²) < 4.78 is 5.38. The van der Waals surface area contributed by atoms with E-state index in [0.717, 1.165) is 24.2 Å². The lowest BCUT2D eigenvalue weighted by molar-refractivity contribution is -0.123. The average molecular weight is 312 g/mol. The van der Waals surface area contributed by atoms with Gasteiger partial charge in [-0.1, -0.05) is 12.2 Å². The predicted octanol–water partition coefficient (Wildman–Crippen LogP) is 1.96. The number of rotatable bonds is 9. The predicted molar refractivity (Wildman–Crippen MR) is 88.5 cm³/mol. The van der Waals surface area contributed by atoms with Crippen molar-refractivity contribution in [3.05, 3.63) is 29.8 Å². The molecule has 0 aromatic heterocycles. The Morgan fingerprint density at radius 3 is 2.65 bits per heavy atom. The summed E-state index contributed by atoms with van der Waals surface area (Å²) in [6.07, 6.45) is 4.19. The molecule has 0 aliphatic carbocycles. The number of ether oxygens (including phenoxy) is 1. The van der Waals surface area contributed by atoms with E-state index in [1.165, 1.54) is 0 Å². The summed E-state index contributed by atoms with van der Waals surface area (Å²) in [4.78, 5) is 11.9. The highest BCUT2D eigenvalue weighted by Crippen LogP contribution is 2.11. The van der Waals surface area contributed by atoms with Crippen LogP contribution in [0.1, 0.15) is 18.4 Å². The van der Waals surface area contributed by atoms with Gasteiger partial charge in [0.25, 0.3) is 5.91 Å². The van der Waals surface area contributed by atoms with Gasteiger partial charge in [-0.05, 0) is 49.1 Å². The van der Waals surface area contributed by atoms with Crippen molar-refractivity contribution in [1.29, 1.82) is 0 Å². The Kier molecular flexibility index (Phi) is 8.06. The molecule has 1 rings (SSSR count). The van der Waals surface area contributed by atoms with Crippen molar-refractivity contribution in [2.75, 3.05) is 25.2 Å². The van der Waals surface area contributed by atoms with Crippen molar-refractivity contribution in [3.8, 4) is 5.75 Å². The first-order chi connectivity index (χ1) is 9.63. The molecule has 0 aliphatic heterocycles. The summed E-state index contributed by atoms with van der Waals surface area (Å²) >= 11 is 6.68. The molecule has 1 amide bonds. The molecule has 0 unspecified atom stereocenters. The fourth-order valence-electron chi connectivity index (χ4n) is 1.51. The van der Waals surface area contributed by atoms with Crippen LogP contribution in [0.4, 0.5) is 0 Å². The zero-order valence-electron chi connectivity index (χ0n) is 11.6. The molecule has 0 fully saturated rings. The Hall–Kier alpha value is -1.27. The smallest absolute Gasteiger partial charge is 0.257 e. The number of carbonyl (C=O) groups excluding carboxylic acids is 1. The summed E-state index contributed by atoms with van der Waals surface area (Å²) in [5, 5.41) is 2.83. The minimum atomic E-state index is -0.104. The molecule has 20 heavy (non-hydrogen) atoms. The fraction of sp³-hybridized carbons (Fsp3) is 0.429. The number of benzene rings is 1. The number of unbranched alkanes of at least 4 members (excludes halogenated alkanes) is 1. The van der Waals surface area contributed by atoms with Crippen LogP contribution >= 0.6 is 24.0 Å². The van der Waals surface area contributed by atoms with Gasteiger partial charge in [0.15, 0.2) is 6.61 Å². The highest BCUT2D eigenvalue weighted by molar-refractivity contribution is 7.98. The number of thiocarbonyl (C=S) groups is 1. The first-order valence-corrected chi connectivity index (χ1v) is 8.22. The third-order valence-electron chi connectivity index (χ3n) is 2.61. The summed E-state index contributed by atoms with van der Waals surface area (Å²) in [7, 11) is 0. The number of hydrogen-bond donors (Lipinski definition) is 2. The minimum absolute atomic E-state index is 0.0228. The molecule has 0 spiro atoms. The second kappa shape index (κ2) is 9.61. The van der Waals surface area contributed by atoms with Gasteiger partial charge in [-0.15, -0.1) is 0 Å². The van der Waals surface area contributed by atoms with E-state index < -0.39 is 0 Å². The lowest BCUT2D eigenvalue weighted by Gasteiger charge is -2.08. The zero-order chi connectivity index (χ0) is 14.8. The van der Waals surface area contributed by atoms with Gasteiger partial charge in [-0.25, -0.2) is 0 Å². The highest BCUT2D eigenvalue weighted by atomic mass is 32.2. The van der Waals surface area contributed by atoms with Crippen molar-refractivity contribution < 1.29 is 9.53 Å². The van der Waals surface area contributed by atoms with Crippen molar-refractivity contribution in [2.24, 2.45) is 5.73 Å². The van der Waals surface area contributed by atoms with Crippen LogP contribution in [0.5, 0.6) is 5.75 Å². The van der Waals surface area contributed by atoms with E-state index >= 15 is 0 Å². The van der Waals surface area contributed by atoms with Crippen LogP contribution in [0.25, 0.3) is 0 Å². The molecule has 4 nitrogen and oxygen atoms in total. The topological polar surface area (TPSA) is 64.3 Å². The molecule has 0 heterocycles. The Balaban J connectivity index is 2.22. The molecule has 0 radical (unpaired) electrons. The number of amides is 1. The lowest BCUT2D eigenvalue weighted by atomic mass is 10.2. The molecule has 1 aromatic rings.